The second kappa shape index (κ2) is 4.83. The highest BCUT2D eigenvalue weighted by Crippen LogP contribution is 2.24. The third-order valence-electron chi connectivity index (χ3n) is 3.61. The van der Waals surface area contributed by atoms with Gasteiger partial charge in [-0.3, -0.25) is 4.79 Å². The predicted octanol–water partition coefficient (Wildman–Crippen LogP) is -0.395. The number of aliphatic carboxylic acids is 1. The molecule has 0 aliphatic carbocycles. The number of carbonyl (C=O) groups is 3. The Bertz CT molecular complexity index is 350. The summed E-state index contributed by atoms with van der Waals surface area (Å²) in [5, 5.41) is 9.05. The minimum absolute atomic E-state index is 0.374. The molecule has 0 saturated carbocycles. The molecule has 3 N–H and O–H groups in total. The summed E-state index contributed by atoms with van der Waals surface area (Å²) in [5.41, 5.74) is 5.25. The van der Waals surface area contributed by atoms with Gasteiger partial charge in [0.25, 0.3) is 0 Å². The molecule has 3 amide bonds. The van der Waals surface area contributed by atoms with Crippen LogP contribution in [-0.4, -0.2) is 58.0 Å². The van der Waals surface area contributed by atoms with E-state index in [9.17, 15) is 14.4 Å². The standard InChI is InChI=1S/C11H17N3O4/c12-9(15)7-3-1-5-13(7)11(18)14-6-2-4-8(14)10(16)17/h7-8H,1-6H2,(H2,12,15)(H,16,17)/t7?,8-/m1/s1. The zero-order valence-corrected chi connectivity index (χ0v) is 10.0. The molecule has 0 bridgehead atoms. The molecule has 7 heteroatoms. The molecule has 2 rings (SSSR count). The molecule has 2 aliphatic heterocycles. The van der Waals surface area contributed by atoms with Crippen molar-refractivity contribution < 1.29 is 19.5 Å². The molecule has 2 fully saturated rings. The average molecular weight is 255 g/mol. The minimum atomic E-state index is -0.990. The first kappa shape index (κ1) is 12.7. The maximum Gasteiger partial charge on any atom is 0.326 e. The maximum absolute atomic E-state index is 12.3. The summed E-state index contributed by atoms with van der Waals surface area (Å²) in [4.78, 5) is 37.3. The highest BCUT2D eigenvalue weighted by atomic mass is 16.4. The van der Waals surface area contributed by atoms with Gasteiger partial charge in [0.15, 0.2) is 0 Å². The highest BCUT2D eigenvalue weighted by molar-refractivity contribution is 5.88. The molecular formula is C11H17N3O4. The number of hydrogen-bond acceptors (Lipinski definition) is 3. The molecule has 7 nitrogen and oxygen atoms in total. The first-order chi connectivity index (χ1) is 8.52. The fourth-order valence-corrected chi connectivity index (χ4v) is 2.71. The lowest BCUT2D eigenvalue weighted by Gasteiger charge is -2.30. The van der Waals surface area contributed by atoms with Gasteiger partial charge in [0.2, 0.25) is 5.91 Å². The third-order valence-corrected chi connectivity index (χ3v) is 3.61. The Balaban J connectivity index is 2.11. The van der Waals surface area contributed by atoms with Gasteiger partial charge >= 0.3 is 12.0 Å². The third kappa shape index (κ3) is 2.12. The molecule has 2 heterocycles. The van der Waals surface area contributed by atoms with E-state index < -0.39 is 24.0 Å². The van der Waals surface area contributed by atoms with Crippen LogP contribution in [0.3, 0.4) is 0 Å². The zero-order valence-electron chi connectivity index (χ0n) is 10.0. The second-order valence-electron chi connectivity index (χ2n) is 4.73. The highest BCUT2D eigenvalue weighted by Gasteiger charge is 2.40. The Morgan fingerprint density at radius 1 is 1.00 bits per heavy atom. The van der Waals surface area contributed by atoms with E-state index in [4.69, 9.17) is 10.8 Å². The number of nitrogens with zero attached hydrogens (tertiary/aromatic N) is 2. The van der Waals surface area contributed by atoms with E-state index in [1.54, 1.807) is 0 Å². The van der Waals surface area contributed by atoms with Gasteiger partial charge in [-0.15, -0.1) is 0 Å². The van der Waals surface area contributed by atoms with Gasteiger partial charge in [0.1, 0.15) is 12.1 Å². The monoisotopic (exact) mass is 255 g/mol. The number of carboxylic acids is 1. The fraction of sp³-hybridized carbons (Fsp3) is 0.727. The summed E-state index contributed by atoms with van der Waals surface area (Å²) >= 11 is 0. The van der Waals surface area contributed by atoms with Crippen molar-refractivity contribution in [3.05, 3.63) is 0 Å². The van der Waals surface area contributed by atoms with Crippen LogP contribution in [0.1, 0.15) is 25.7 Å². The van der Waals surface area contributed by atoms with Crippen molar-refractivity contribution in [1.29, 1.82) is 0 Å². The van der Waals surface area contributed by atoms with Crippen LogP contribution >= 0.6 is 0 Å². The quantitative estimate of drug-likeness (QED) is 0.700. The Morgan fingerprint density at radius 3 is 2.00 bits per heavy atom. The molecule has 2 atom stereocenters. The topological polar surface area (TPSA) is 104 Å². The summed E-state index contributed by atoms with van der Waals surface area (Å²) in [5.74, 6) is -1.51. The number of rotatable bonds is 2. The van der Waals surface area contributed by atoms with E-state index >= 15 is 0 Å². The van der Waals surface area contributed by atoms with E-state index in [-0.39, 0.29) is 6.03 Å². The van der Waals surface area contributed by atoms with Crippen LogP contribution in [-0.2, 0) is 9.59 Å². The number of hydrogen-bond donors (Lipinski definition) is 2. The smallest absolute Gasteiger partial charge is 0.326 e. The van der Waals surface area contributed by atoms with Crippen molar-refractivity contribution in [3.8, 4) is 0 Å². The molecule has 0 aromatic carbocycles. The maximum atomic E-state index is 12.3. The van der Waals surface area contributed by atoms with E-state index in [2.05, 4.69) is 0 Å². The van der Waals surface area contributed by atoms with Gasteiger partial charge in [-0.05, 0) is 25.7 Å². The summed E-state index contributed by atoms with van der Waals surface area (Å²) in [6.45, 7) is 0.896. The SMILES string of the molecule is NC(=O)C1CCCN1C(=O)N1CCC[C@@H]1C(=O)O. The lowest BCUT2D eigenvalue weighted by Crippen LogP contribution is -2.52. The van der Waals surface area contributed by atoms with Crippen LogP contribution in [0.15, 0.2) is 0 Å². The number of likely N-dealkylation sites (tertiary alicyclic amines) is 2. The number of amides is 3. The summed E-state index contributed by atoms with van der Waals surface area (Å²) in [6, 6.07) is -1.74. The first-order valence-corrected chi connectivity index (χ1v) is 6.11. The van der Waals surface area contributed by atoms with Crippen LogP contribution in [0.5, 0.6) is 0 Å². The van der Waals surface area contributed by atoms with Crippen LogP contribution in [0.2, 0.25) is 0 Å². The van der Waals surface area contributed by atoms with Gasteiger partial charge < -0.3 is 20.6 Å². The van der Waals surface area contributed by atoms with Crippen LogP contribution in [0.25, 0.3) is 0 Å². The van der Waals surface area contributed by atoms with Crippen LogP contribution in [0, 0.1) is 0 Å². The molecule has 0 radical (unpaired) electrons. The molecule has 2 aliphatic rings. The van der Waals surface area contributed by atoms with Gasteiger partial charge in [0.05, 0.1) is 0 Å². The van der Waals surface area contributed by atoms with Crippen molar-refractivity contribution in [2.75, 3.05) is 13.1 Å². The lowest BCUT2D eigenvalue weighted by atomic mass is 10.2. The molecule has 1 unspecified atom stereocenters. The van der Waals surface area contributed by atoms with E-state index in [1.165, 1.54) is 9.80 Å². The first-order valence-electron chi connectivity index (χ1n) is 6.11. The molecular weight excluding hydrogens is 238 g/mol. The zero-order chi connectivity index (χ0) is 13.3. The minimum Gasteiger partial charge on any atom is -0.480 e. The number of primary amides is 1. The van der Waals surface area contributed by atoms with Gasteiger partial charge in [0, 0.05) is 13.1 Å². The van der Waals surface area contributed by atoms with E-state index in [1.807, 2.05) is 0 Å². The number of carbonyl (C=O) groups excluding carboxylic acids is 2. The van der Waals surface area contributed by atoms with E-state index in [0.29, 0.717) is 32.4 Å². The molecule has 0 aromatic rings. The molecule has 2 saturated heterocycles. The van der Waals surface area contributed by atoms with Gasteiger partial charge in [-0.2, -0.15) is 0 Å². The van der Waals surface area contributed by atoms with Crippen molar-refractivity contribution in [3.63, 3.8) is 0 Å². The van der Waals surface area contributed by atoms with Crippen molar-refractivity contribution >= 4 is 17.9 Å². The average Bonchev–Trinajstić information content (AvgIpc) is 2.97. The summed E-state index contributed by atoms with van der Waals surface area (Å²) in [7, 11) is 0. The number of nitrogens with two attached hydrogens (primary N) is 1. The number of urea groups is 1. The predicted molar refractivity (Wildman–Crippen MR) is 61.7 cm³/mol. The lowest BCUT2D eigenvalue weighted by molar-refractivity contribution is -0.141. The van der Waals surface area contributed by atoms with Crippen LogP contribution in [0.4, 0.5) is 4.79 Å². The summed E-state index contributed by atoms with van der Waals surface area (Å²) in [6.07, 6.45) is 2.44. The Labute approximate surface area is 105 Å². The Morgan fingerprint density at radius 2 is 1.50 bits per heavy atom. The van der Waals surface area contributed by atoms with Gasteiger partial charge in [-0.1, -0.05) is 0 Å². The summed E-state index contributed by atoms with van der Waals surface area (Å²) < 4.78 is 0. The molecule has 0 spiro atoms. The largest absolute Gasteiger partial charge is 0.480 e. The van der Waals surface area contributed by atoms with Crippen LogP contribution < -0.4 is 5.73 Å². The molecule has 0 aromatic heterocycles. The Hall–Kier alpha value is -1.79. The van der Waals surface area contributed by atoms with E-state index in [0.717, 1.165) is 6.42 Å². The normalized spacial score (nSPS) is 27.6. The van der Waals surface area contributed by atoms with Gasteiger partial charge in [-0.25, -0.2) is 9.59 Å². The number of carboxylic acid groups (broad SMARTS) is 1. The molecule has 100 valence electrons. The van der Waals surface area contributed by atoms with Crippen molar-refractivity contribution in [1.82, 2.24) is 9.80 Å². The fourth-order valence-electron chi connectivity index (χ4n) is 2.71. The molecule has 18 heavy (non-hydrogen) atoms. The van der Waals surface area contributed by atoms with Crippen molar-refractivity contribution in [2.45, 2.75) is 37.8 Å². The Kier molecular flexibility index (Phi) is 3.40. The second-order valence-corrected chi connectivity index (χ2v) is 4.73. The van der Waals surface area contributed by atoms with Crippen molar-refractivity contribution in [2.24, 2.45) is 5.73 Å².